The van der Waals surface area contributed by atoms with Gasteiger partial charge < -0.3 is 8.92 Å². The standard InChI is InChI=1S/C19H17NO5S3/c1-24-16-10-14(8-9-15(16)25-28(2,22)23)11-17-18(21)20(19(26)27-17)12-13-6-4-3-5-7-13/h3-11H,12H2,1-2H3. The number of benzene rings is 2. The van der Waals surface area contributed by atoms with Crippen LogP contribution in [0.1, 0.15) is 11.1 Å². The highest BCUT2D eigenvalue weighted by Crippen LogP contribution is 2.35. The van der Waals surface area contributed by atoms with Crippen molar-refractivity contribution in [3.8, 4) is 11.5 Å². The Balaban J connectivity index is 1.83. The summed E-state index contributed by atoms with van der Waals surface area (Å²) in [4.78, 5) is 14.8. The number of hydrogen-bond acceptors (Lipinski definition) is 7. The lowest BCUT2D eigenvalue weighted by Gasteiger charge is -2.14. The summed E-state index contributed by atoms with van der Waals surface area (Å²) in [7, 11) is -2.27. The first-order chi connectivity index (χ1) is 13.3. The van der Waals surface area contributed by atoms with Gasteiger partial charge in [-0.3, -0.25) is 9.69 Å². The van der Waals surface area contributed by atoms with Crippen molar-refractivity contribution in [3.63, 3.8) is 0 Å². The highest BCUT2D eigenvalue weighted by atomic mass is 32.2. The number of thiocarbonyl (C=S) groups is 1. The van der Waals surface area contributed by atoms with Crippen molar-refractivity contribution < 1.29 is 22.1 Å². The minimum Gasteiger partial charge on any atom is -0.493 e. The molecule has 1 fully saturated rings. The molecule has 0 saturated carbocycles. The molecule has 0 aliphatic carbocycles. The average Bonchev–Trinajstić information content (AvgIpc) is 2.90. The van der Waals surface area contributed by atoms with Crippen LogP contribution < -0.4 is 8.92 Å². The van der Waals surface area contributed by atoms with Crippen LogP contribution in [0.2, 0.25) is 0 Å². The van der Waals surface area contributed by atoms with Crippen molar-refractivity contribution in [1.29, 1.82) is 0 Å². The number of nitrogens with zero attached hydrogens (tertiary/aromatic N) is 1. The van der Waals surface area contributed by atoms with Crippen LogP contribution in [0.15, 0.2) is 53.4 Å². The third kappa shape index (κ3) is 4.92. The van der Waals surface area contributed by atoms with Crippen LogP contribution in [-0.2, 0) is 21.5 Å². The van der Waals surface area contributed by atoms with Gasteiger partial charge in [0.2, 0.25) is 0 Å². The smallest absolute Gasteiger partial charge is 0.306 e. The molecule has 0 radical (unpaired) electrons. The number of thioether (sulfide) groups is 1. The van der Waals surface area contributed by atoms with Gasteiger partial charge >= 0.3 is 10.1 Å². The zero-order valence-electron chi connectivity index (χ0n) is 15.1. The number of rotatable bonds is 6. The van der Waals surface area contributed by atoms with Gasteiger partial charge in [0.05, 0.1) is 24.8 Å². The van der Waals surface area contributed by atoms with E-state index in [2.05, 4.69) is 0 Å². The summed E-state index contributed by atoms with van der Waals surface area (Å²) in [6, 6.07) is 14.3. The first kappa shape index (κ1) is 20.4. The fraction of sp³-hybridized carbons (Fsp3) is 0.158. The van der Waals surface area contributed by atoms with E-state index in [1.165, 1.54) is 24.9 Å². The van der Waals surface area contributed by atoms with E-state index in [4.69, 9.17) is 21.1 Å². The third-order valence-corrected chi connectivity index (χ3v) is 5.64. The second-order valence-electron chi connectivity index (χ2n) is 5.95. The second-order valence-corrected chi connectivity index (χ2v) is 9.20. The molecule has 3 rings (SSSR count). The average molecular weight is 436 g/mol. The third-order valence-electron chi connectivity index (χ3n) is 3.78. The van der Waals surface area contributed by atoms with Gasteiger partial charge in [-0.1, -0.05) is 60.4 Å². The molecule has 1 aliphatic heterocycles. The van der Waals surface area contributed by atoms with Crippen molar-refractivity contribution in [1.82, 2.24) is 4.90 Å². The molecule has 0 aromatic heterocycles. The molecule has 0 bridgehead atoms. The monoisotopic (exact) mass is 435 g/mol. The van der Waals surface area contributed by atoms with Crippen molar-refractivity contribution in [2.75, 3.05) is 13.4 Å². The molecule has 2 aromatic carbocycles. The maximum atomic E-state index is 12.7. The lowest BCUT2D eigenvalue weighted by atomic mass is 10.1. The molecule has 9 heteroatoms. The Labute approximate surface area is 173 Å². The number of hydrogen-bond donors (Lipinski definition) is 0. The largest absolute Gasteiger partial charge is 0.493 e. The van der Waals surface area contributed by atoms with Gasteiger partial charge in [-0.15, -0.1) is 0 Å². The van der Waals surface area contributed by atoms with Crippen molar-refractivity contribution in [2.24, 2.45) is 0 Å². The second kappa shape index (κ2) is 8.34. The molecule has 1 heterocycles. The van der Waals surface area contributed by atoms with E-state index >= 15 is 0 Å². The summed E-state index contributed by atoms with van der Waals surface area (Å²) >= 11 is 6.58. The molecule has 28 heavy (non-hydrogen) atoms. The summed E-state index contributed by atoms with van der Waals surface area (Å²) in [5, 5.41) is 0. The molecule has 6 nitrogen and oxygen atoms in total. The molecule has 0 spiro atoms. The maximum absolute atomic E-state index is 12.7. The highest BCUT2D eigenvalue weighted by molar-refractivity contribution is 8.26. The van der Waals surface area contributed by atoms with Crippen molar-refractivity contribution in [3.05, 3.63) is 64.6 Å². The number of carbonyl (C=O) groups is 1. The summed E-state index contributed by atoms with van der Waals surface area (Å²) in [5.41, 5.74) is 1.65. The molecule has 0 atom stereocenters. The van der Waals surface area contributed by atoms with E-state index in [1.807, 2.05) is 30.3 Å². The summed E-state index contributed by atoms with van der Waals surface area (Å²) in [6.45, 7) is 0.410. The SMILES string of the molecule is COc1cc(C=C2SC(=S)N(Cc3ccccc3)C2=O)ccc1OS(C)(=O)=O. The topological polar surface area (TPSA) is 72.9 Å². The Morgan fingerprint density at radius 1 is 1.14 bits per heavy atom. The lowest BCUT2D eigenvalue weighted by Crippen LogP contribution is -2.27. The normalized spacial score (nSPS) is 15.9. The zero-order valence-corrected chi connectivity index (χ0v) is 17.6. The van der Waals surface area contributed by atoms with Gasteiger partial charge in [0.1, 0.15) is 4.32 Å². The summed E-state index contributed by atoms with van der Waals surface area (Å²) < 4.78 is 33.3. The summed E-state index contributed by atoms with van der Waals surface area (Å²) in [6.07, 6.45) is 2.65. The first-order valence-corrected chi connectivity index (χ1v) is 11.2. The predicted molar refractivity (Wildman–Crippen MR) is 114 cm³/mol. The van der Waals surface area contributed by atoms with E-state index in [9.17, 15) is 13.2 Å². The molecule has 0 N–H and O–H groups in total. The van der Waals surface area contributed by atoms with Crippen molar-refractivity contribution >= 4 is 50.4 Å². The number of carbonyl (C=O) groups excluding carboxylic acids is 1. The van der Waals surface area contributed by atoms with Gasteiger partial charge in [-0.2, -0.15) is 8.42 Å². The van der Waals surface area contributed by atoms with E-state index in [1.54, 1.807) is 23.1 Å². The van der Waals surface area contributed by atoms with E-state index in [0.29, 0.717) is 21.3 Å². The summed E-state index contributed by atoms with van der Waals surface area (Å²) in [5.74, 6) is 0.159. The Bertz CT molecular complexity index is 1050. The number of amides is 1. The Kier molecular flexibility index (Phi) is 6.07. The quantitative estimate of drug-likeness (QED) is 0.391. The fourth-order valence-corrected chi connectivity index (χ4v) is 4.28. The Morgan fingerprint density at radius 3 is 2.50 bits per heavy atom. The highest BCUT2D eigenvalue weighted by Gasteiger charge is 2.32. The van der Waals surface area contributed by atoms with E-state index in [0.717, 1.165) is 11.8 Å². The molecule has 1 saturated heterocycles. The molecular weight excluding hydrogens is 418 g/mol. The van der Waals surface area contributed by atoms with Crippen LogP contribution in [0.3, 0.4) is 0 Å². The minimum absolute atomic E-state index is 0.0822. The molecule has 0 unspecified atom stereocenters. The van der Waals surface area contributed by atoms with Crippen LogP contribution in [-0.4, -0.2) is 36.9 Å². The lowest BCUT2D eigenvalue weighted by molar-refractivity contribution is -0.122. The van der Waals surface area contributed by atoms with E-state index in [-0.39, 0.29) is 17.4 Å². The first-order valence-electron chi connectivity index (χ1n) is 8.13. The number of methoxy groups -OCH3 is 1. The molecular formula is C19H17NO5S3. The van der Waals surface area contributed by atoms with Crippen LogP contribution in [0.4, 0.5) is 0 Å². The van der Waals surface area contributed by atoms with Crippen LogP contribution >= 0.6 is 24.0 Å². The van der Waals surface area contributed by atoms with Crippen LogP contribution in [0.5, 0.6) is 11.5 Å². The predicted octanol–water partition coefficient (Wildman–Crippen LogP) is 3.44. The van der Waals surface area contributed by atoms with Gasteiger partial charge in [0, 0.05) is 0 Å². The number of ether oxygens (including phenoxy) is 1. The Hall–Kier alpha value is -2.36. The fourth-order valence-electron chi connectivity index (χ4n) is 2.56. The van der Waals surface area contributed by atoms with E-state index < -0.39 is 10.1 Å². The molecule has 1 aliphatic rings. The molecule has 146 valence electrons. The van der Waals surface area contributed by atoms with Gasteiger partial charge in [0.25, 0.3) is 5.91 Å². The zero-order chi connectivity index (χ0) is 20.3. The van der Waals surface area contributed by atoms with Crippen LogP contribution in [0.25, 0.3) is 6.08 Å². The van der Waals surface area contributed by atoms with Gasteiger partial charge in [0.15, 0.2) is 11.5 Å². The Morgan fingerprint density at radius 2 is 1.86 bits per heavy atom. The maximum Gasteiger partial charge on any atom is 0.306 e. The van der Waals surface area contributed by atoms with Crippen LogP contribution in [0, 0.1) is 0 Å². The van der Waals surface area contributed by atoms with Gasteiger partial charge in [-0.05, 0) is 29.3 Å². The van der Waals surface area contributed by atoms with Crippen molar-refractivity contribution in [2.45, 2.75) is 6.54 Å². The minimum atomic E-state index is -3.68. The molecule has 1 amide bonds. The van der Waals surface area contributed by atoms with Gasteiger partial charge in [-0.25, -0.2) is 0 Å². The molecule has 2 aromatic rings.